The Labute approximate surface area is 194 Å². The highest BCUT2D eigenvalue weighted by atomic mass is 16.5. The van der Waals surface area contributed by atoms with E-state index in [1.807, 2.05) is 55.5 Å². The Hall–Kier alpha value is -3.52. The first-order chi connectivity index (χ1) is 16.0. The van der Waals surface area contributed by atoms with Crippen LogP contribution in [0.5, 0.6) is 5.75 Å². The number of piperidine rings is 1. The van der Waals surface area contributed by atoms with Crippen molar-refractivity contribution in [1.29, 1.82) is 0 Å². The molecule has 0 bridgehead atoms. The molecule has 4 rings (SSSR count). The third-order valence-corrected chi connectivity index (χ3v) is 5.56. The van der Waals surface area contributed by atoms with Crippen molar-refractivity contribution < 1.29 is 9.53 Å². The van der Waals surface area contributed by atoms with E-state index in [0.717, 1.165) is 66.0 Å². The first-order valence-corrected chi connectivity index (χ1v) is 11.4. The second-order valence-corrected chi connectivity index (χ2v) is 8.38. The van der Waals surface area contributed by atoms with Crippen molar-refractivity contribution in [2.75, 3.05) is 42.1 Å². The Morgan fingerprint density at radius 1 is 1.09 bits per heavy atom. The Kier molecular flexibility index (Phi) is 7.47. The lowest BCUT2D eigenvalue weighted by atomic mass is 10.1. The number of carbonyl (C=O) groups is 1. The van der Waals surface area contributed by atoms with Gasteiger partial charge >= 0.3 is 0 Å². The Bertz CT molecular complexity index is 1030. The van der Waals surface area contributed by atoms with Gasteiger partial charge in [0, 0.05) is 24.0 Å². The SMILES string of the molecule is CC(=O)Nc1cccc(NC2=C(C)CN=C(CNc3ccc(OC4CCNCC4)cc3)N2)c1. The molecule has 8 nitrogen and oxygen atoms in total. The number of benzene rings is 2. The Morgan fingerprint density at radius 2 is 1.85 bits per heavy atom. The monoisotopic (exact) mass is 448 g/mol. The summed E-state index contributed by atoms with van der Waals surface area (Å²) in [5.41, 5.74) is 3.77. The Balaban J connectivity index is 1.29. The maximum Gasteiger partial charge on any atom is 0.221 e. The zero-order chi connectivity index (χ0) is 23.0. The van der Waals surface area contributed by atoms with Crippen molar-refractivity contribution in [3.8, 4) is 5.75 Å². The maximum atomic E-state index is 11.3. The third kappa shape index (κ3) is 6.73. The summed E-state index contributed by atoms with van der Waals surface area (Å²) < 4.78 is 6.08. The average Bonchev–Trinajstić information content (AvgIpc) is 2.81. The number of nitrogens with one attached hydrogen (secondary N) is 5. The van der Waals surface area contributed by atoms with E-state index in [1.165, 1.54) is 6.92 Å². The van der Waals surface area contributed by atoms with Gasteiger partial charge < -0.3 is 31.3 Å². The van der Waals surface area contributed by atoms with Crippen molar-refractivity contribution in [2.24, 2.45) is 4.99 Å². The molecule has 2 aromatic rings. The van der Waals surface area contributed by atoms with Crippen molar-refractivity contribution in [3.63, 3.8) is 0 Å². The highest BCUT2D eigenvalue weighted by molar-refractivity contribution is 5.90. The van der Waals surface area contributed by atoms with Crippen LogP contribution in [-0.2, 0) is 4.79 Å². The summed E-state index contributed by atoms with van der Waals surface area (Å²) in [5, 5.41) is 16.4. The summed E-state index contributed by atoms with van der Waals surface area (Å²) in [5.74, 6) is 2.58. The number of hydrogen-bond acceptors (Lipinski definition) is 7. The molecule has 2 heterocycles. The highest BCUT2D eigenvalue weighted by Crippen LogP contribution is 2.20. The molecule has 1 amide bonds. The summed E-state index contributed by atoms with van der Waals surface area (Å²) in [4.78, 5) is 15.9. The average molecular weight is 449 g/mol. The van der Waals surface area contributed by atoms with Gasteiger partial charge in [-0.25, -0.2) is 0 Å². The number of amides is 1. The molecule has 0 atom stereocenters. The number of rotatable bonds is 8. The normalized spacial score (nSPS) is 16.5. The highest BCUT2D eigenvalue weighted by Gasteiger charge is 2.15. The van der Waals surface area contributed by atoms with Gasteiger partial charge in [-0.1, -0.05) is 6.07 Å². The van der Waals surface area contributed by atoms with Gasteiger partial charge in [0.15, 0.2) is 0 Å². The number of anilines is 3. The minimum absolute atomic E-state index is 0.0929. The lowest BCUT2D eigenvalue weighted by molar-refractivity contribution is -0.114. The first-order valence-electron chi connectivity index (χ1n) is 11.4. The molecule has 0 unspecified atom stereocenters. The fraction of sp³-hybridized carbons (Fsp3) is 0.360. The van der Waals surface area contributed by atoms with Crippen molar-refractivity contribution >= 4 is 28.8 Å². The van der Waals surface area contributed by atoms with Crippen molar-refractivity contribution in [2.45, 2.75) is 32.8 Å². The van der Waals surface area contributed by atoms with Crippen LogP contribution in [0.3, 0.4) is 0 Å². The summed E-state index contributed by atoms with van der Waals surface area (Å²) in [6.45, 7) is 6.79. The third-order valence-electron chi connectivity index (χ3n) is 5.56. The van der Waals surface area contributed by atoms with E-state index in [1.54, 1.807) is 0 Å². The van der Waals surface area contributed by atoms with Crippen LogP contribution in [-0.4, -0.2) is 44.0 Å². The molecule has 8 heteroatoms. The lowest BCUT2D eigenvalue weighted by Gasteiger charge is -2.24. The molecule has 1 saturated heterocycles. The summed E-state index contributed by atoms with van der Waals surface area (Å²) in [6, 6.07) is 15.7. The molecule has 1 fully saturated rings. The quantitative estimate of drug-likeness (QED) is 0.424. The minimum Gasteiger partial charge on any atom is -0.490 e. The summed E-state index contributed by atoms with van der Waals surface area (Å²) in [6.07, 6.45) is 2.39. The summed E-state index contributed by atoms with van der Waals surface area (Å²) in [7, 11) is 0. The molecular weight excluding hydrogens is 416 g/mol. The predicted octanol–water partition coefficient (Wildman–Crippen LogP) is 3.53. The largest absolute Gasteiger partial charge is 0.490 e. The molecule has 174 valence electrons. The fourth-order valence-corrected chi connectivity index (χ4v) is 3.79. The molecule has 0 aromatic heterocycles. The van der Waals surface area contributed by atoms with Gasteiger partial charge in [0.1, 0.15) is 23.5 Å². The smallest absolute Gasteiger partial charge is 0.221 e. The molecule has 0 radical (unpaired) electrons. The number of amidine groups is 1. The number of aliphatic imine (C=N–C) groups is 1. The van der Waals surface area contributed by atoms with Gasteiger partial charge in [0.05, 0.1) is 13.1 Å². The van der Waals surface area contributed by atoms with Crippen molar-refractivity contribution in [1.82, 2.24) is 10.6 Å². The number of ether oxygens (including phenoxy) is 1. The fourth-order valence-electron chi connectivity index (χ4n) is 3.79. The van der Waals surface area contributed by atoms with E-state index < -0.39 is 0 Å². The maximum absolute atomic E-state index is 11.3. The zero-order valence-corrected chi connectivity index (χ0v) is 19.2. The van der Waals surface area contributed by atoms with Crippen LogP contribution in [0.25, 0.3) is 0 Å². The van der Waals surface area contributed by atoms with Gasteiger partial charge in [-0.15, -0.1) is 0 Å². The van der Waals surface area contributed by atoms with Crippen LogP contribution in [0.1, 0.15) is 26.7 Å². The van der Waals surface area contributed by atoms with Gasteiger partial charge in [-0.05, 0) is 80.9 Å². The standard InChI is InChI=1S/C25H32N6O2/c1-17-15-28-24(31-25(17)30-21-5-3-4-20(14-21)29-18(2)32)16-27-19-6-8-22(9-7-19)33-23-10-12-26-13-11-23/h3-9,14,23,26-27,30H,10-13,15-16H2,1-2H3,(H,28,31)(H,29,32). The number of nitrogens with zero attached hydrogens (tertiary/aromatic N) is 1. The number of hydrogen-bond donors (Lipinski definition) is 5. The second-order valence-electron chi connectivity index (χ2n) is 8.38. The predicted molar refractivity (Wildman–Crippen MR) is 134 cm³/mol. The van der Waals surface area contributed by atoms with Crippen molar-refractivity contribution in [3.05, 3.63) is 59.9 Å². The zero-order valence-electron chi connectivity index (χ0n) is 19.2. The van der Waals surface area contributed by atoms with Crippen LogP contribution in [0, 0.1) is 0 Å². The van der Waals surface area contributed by atoms with E-state index in [9.17, 15) is 4.79 Å². The second kappa shape index (κ2) is 10.9. The summed E-state index contributed by atoms with van der Waals surface area (Å²) >= 11 is 0. The van der Waals surface area contributed by atoms with E-state index >= 15 is 0 Å². The first kappa shape index (κ1) is 22.7. The minimum atomic E-state index is -0.0929. The van der Waals surface area contributed by atoms with E-state index in [0.29, 0.717) is 19.2 Å². The molecule has 2 aliphatic rings. The topological polar surface area (TPSA) is 98.8 Å². The van der Waals surface area contributed by atoms with Gasteiger partial charge in [-0.2, -0.15) is 0 Å². The van der Waals surface area contributed by atoms with E-state index in [-0.39, 0.29) is 5.91 Å². The van der Waals surface area contributed by atoms with Crippen LogP contribution in [0.4, 0.5) is 17.1 Å². The Morgan fingerprint density at radius 3 is 2.61 bits per heavy atom. The van der Waals surface area contributed by atoms with E-state index in [4.69, 9.17) is 4.74 Å². The molecular formula is C25H32N6O2. The molecule has 33 heavy (non-hydrogen) atoms. The molecule has 0 saturated carbocycles. The molecule has 2 aromatic carbocycles. The van der Waals surface area contributed by atoms with Crippen LogP contribution < -0.4 is 31.3 Å². The number of carbonyl (C=O) groups excluding carboxylic acids is 1. The van der Waals surface area contributed by atoms with Crippen LogP contribution in [0.15, 0.2) is 64.9 Å². The molecule has 2 aliphatic heterocycles. The van der Waals surface area contributed by atoms with Crippen LogP contribution in [0.2, 0.25) is 0 Å². The molecule has 0 spiro atoms. The van der Waals surface area contributed by atoms with Gasteiger partial charge in [0.25, 0.3) is 0 Å². The molecule has 5 N–H and O–H groups in total. The molecule has 0 aliphatic carbocycles. The van der Waals surface area contributed by atoms with Gasteiger partial charge in [-0.3, -0.25) is 9.79 Å². The van der Waals surface area contributed by atoms with Crippen LogP contribution >= 0.6 is 0 Å². The lowest BCUT2D eigenvalue weighted by Crippen LogP contribution is -2.36. The van der Waals surface area contributed by atoms with Gasteiger partial charge in [0.2, 0.25) is 5.91 Å². The van der Waals surface area contributed by atoms with E-state index in [2.05, 4.69) is 31.6 Å².